The first-order valence-corrected chi connectivity index (χ1v) is 8.50. The summed E-state index contributed by atoms with van der Waals surface area (Å²) in [6.07, 6.45) is 6.50. The van der Waals surface area contributed by atoms with Gasteiger partial charge in [0.1, 0.15) is 11.6 Å². The number of methoxy groups -OCH3 is 1. The summed E-state index contributed by atoms with van der Waals surface area (Å²) in [5.74, 6) is -0.0153. The van der Waals surface area contributed by atoms with Crippen molar-refractivity contribution in [2.45, 2.75) is 6.42 Å². The summed E-state index contributed by atoms with van der Waals surface area (Å²) < 4.78 is 25.4. The fourth-order valence-corrected chi connectivity index (χ4v) is 2.77. The van der Waals surface area contributed by atoms with Crippen LogP contribution in [0.4, 0.5) is 4.39 Å². The van der Waals surface area contributed by atoms with Gasteiger partial charge >= 0.3 is 0 Å². The lowest BCUT2D eigenvalue weighted by Crippen LogP contribution is -2.23. The quantitative estimate of drug-likeness (QED) is 0.711. The molecule has 1 aliphatic carbocycles. The average Bonchev–Trinajstić information content (AvgIpc) is 2.88. The third-order valence-corrected chi connectivity index (χ3v) is 4.19. The normalized spacial score (nSPS) is 13.9. The van der Waals surface area contributed by atoms with Gasteiger partial charge < -0.3 is 24.6 Å². The SMILES string of the molecule is COc1cc2c(OC3=C(F)CC=C(N(C=O)CCO)C=C3)ccnc2cc1O. The van der Waals surface area contributed by atoms with Gasteiger partial charge in [0.25, 0.3) is 0 Å². The molecule has 0 unspecified atom stereocenters. The molecular formula is C20H19FN2O5. The summed E-state index contributed by atoms with van der Waals surface area (Å²) in [5, 5.41) is 19.5. The minimum Gasteiger partial charge on any atom is -0.504 e. The number of phenolic OH excluding ortho intramolecular Hbond substituents is 1. The van der Waals surface area contributed by atoms with E-state index in [-0.39, 0.29) is 36.8 Å². The zero-order chi connectivity index (χ0) is 20.1. The van der Waals surface area contributed by atoms with Crippen LogP contribution in [0.1, 0.15) is 6.42 Å². The number of pyridine rings is 1. The van der Waals surface area contributed by atoms with Crippen LogP contribution in [0.25, 0.3) is 10.9 Å². The van der Waals surface area contributed by atoms with E-state index >= 15 is 0 Å². The maximum atomic E-state index is 14.6. The number of halogens is 1. The number of aromatic nitrogens is 1. The Hall–Kier alpha value is -3.39. The smallest absolute Gasteiger partial charge is 0.214 e. The van der Waals surface area contributed by atoms with Crippen LogP contribution in [0.5, 0.6) is 17.2 Å². The Morgan fingerprint density at radius 2 is 2.14 bits per heavy atom. The first kappa shape index (κ1) is 19.4. The van der Waals surface area contributed by atoms with Crippen molar-refractivity contribution in [3.63, 3.8) is 0 Å². The average molecular weight is 386 g/mol. The van der Waals surface area contributed by atoms with Crippen LogP contribution >= 0.6 is 0 Å². The van der Waals surface area contributed by atoms with Gasteiger partial charge in [-0.1, -0.05) is 6.08 Å². The Labute approximate surface area is 160 Å². The second-order valence-electron chi connectivity index (χ2n) is 5.91. The lowest BCUT2D eigenvalue weighted by Gasteiger charge is -2.16. The van der Waals surface area contributed by atoms with Crippen molar-refractivity contribution >= 4 is 17.3 Å². The number of hydrogen-bond acceptors (Lipinski definition) is 6. The molecule has 1 aromatic carbocycles. The summed E-state index contributed by atoms with van der Waals surface area (Å²) in [5.41, 5.74) is 0.923. The molecule has 0 saturated carbocycles. The van der Waals surface area contributed by atoms with Crippen LogP contribution in [0.15, 0.2) is 59.9 Å². The molecule has 0 saturated heterocycles. The molecule has 0 fully saturated rings. The molecule has 2 aromatic rings. The van der Waals surface area contributed by atoms with Gasteiger partial charge in [0, 0.05) is 36.3 Å². The highest BCUT2D eigenvalue weighted by molar-refractivity contribution is 5.88. The molecule has 1 heterocycles. The second kappa shape index (κ2) is 8.53. The van der Waals surface area contributed by atoms with E-state index in [1.807, 2.05) is 0 Å². The van der Waals surface area contributed by atoms with Crippen molar-refractivity contribution in [3.05, 3.63) is 59.9 Å². The molecule has 0 aliphatic heterocycles. The molecule has 7 nitrogen and oxygen atoms in total. The van der Waals surface area contributed by atoms with Gasteiger partial charge in [0.15, 0.2) is 17.3 Å². The van der Waals surface area contributed by atoms with Crippen LogP contribution in [-0.4, -0.2) is 46.8 Å². The maximum absolute atomic E-state index is 14.6. The first-order chi connectivity index (χ1) is 13.6. The number of allylic oxidation sites excluding steroid dienone is 4. The monoisotopic (exact) mass is 386 g/mol. The maximum Gasteiger partial charge on any atom is 0.214 e. The molecule has 1 aromatic heterocycles. The number of phenols is 1. The van der Waals surface area contributed by atoms with Crippen molar-refractivity contribution in [2.24, 2.45) is 0 Å². The third kappa shape index (κ3) is 3.96. The molecule has 146 valence electrons. The molecule has 0 spiro atoms. The van der Waals surface area contributed by atoms with E-state index in [1.54, 1.807) is 18.2 Å². The zero-order valence-electron chi connectivity index (χ0n) is 15.1. The van der Waals surface area contributed by atoms with Gasteiger partial charge in [-0.15, -0.1) is 0 Å². The minimum atomic E-state index is -0.517. The number of hydrogen-bond donors (Lipinski definition) is 2. The van der Waals surface area contributed by atoms with Crippen LogP contribution < -0.4 is 9.47 Å². The largest absolute Gasteiger partial charge is 0.504 e. The van der Waals surface area contributed by atoms with Crippen LogP contribution in [-0.2, 0) is 4.79 Å². The summed E-state index contributed by atoms with van der Waals surface area (Å²) in [7, 11) is 1.42. The van der Waals surface area contributed by atoms with E-state index < -0.39 is 5.83 Å². The fourth-order valence-electron chi connectivity index (χ4n) is 2.77. The predicted octanol–water partition coefficient (Wildman–Crippen LogP) is 2.80. The Balaban J connectivity index is 1.92. The molecular weight excluding hydrogens is 367 g/mol. The van der Waals surface area contributed by atoms with Gasteiger partial charge in [0.2, 0.25) is 6.41 Å². The Bertz CT molecular complexity index is 984. The molecule has 2 N–H and O–H groups in total. The molecule has 3 rings (SSSR count). The first-order valence-electron chi connectivity index (χ1n) is 8.50. The van der Waals surface area contributed by atoms with Gasteiger partial charge in [0.05, 0.1) is 19.2 Å². The van der Waals surface area contributed by atoms with Crippen LogP contribution in [0, 0.1) is 0 Å². The van der Waals surface area contributed by atoms with Crippen LogP contribution in [0.2, 0.25) is 0 Å². The minimum absolute atomic E-state index is 0.0133. The molecule has 1 aliphatic rings. The van der Waals surface area contributed by atoms with E-state index in [9.17, 15) is 14.3 Å². The molecule has 1 amide bonds. The van der Waals surface area contributed by atoms with Crippen molar-refractivity contribution < 1.29 is 28.9 Å². The van der Waals surface area contributed by atoms with Gasteiger partial charge in [-0.3, -0.25) is 9.78 Å². The fraction of sp³-hybridized carbons (Fsp3) is 0.200. The number of carbonyl (C=O) groups is 1. The number of amides is 1. The highest BCUT2D eigenvalue weighted by atomic mass is 19.1. The number of fused-ring (bicyclic) bond motifs is 1. The number of aliphatic hydroxyl groups excluding tert-OH is 1. The third-order valence-electron chi connectivity index (χ3n) is 4.19. The van der Waals surface area contributed by atoms with Gasteiger partial charge in [-0.2, -0.15) is 0 Å². The highest BCUT2D eigenvalue weighted by Gasteiger charge is 2.15. The number of ether oxygens (including phenoxy) is 2. The standard InChI is InChI=1S/C20H19FN2O5/c1-27-20-10-14-16(11-17(20)26)22-7-6-18(14)28-19-5-3-13(2-4-15(19)21)23(12-25)8-9-24/h2-3,5-7,10-12,24,26H,4,8-9H2,1H3. The summed E-state index contributed by atoms with van der Waals surface area (Å²) in [4.78, 5) is 16.6. The Kier molecular flexibility index (Phi) is 5.90. The van der Waals surface area contributed by atoms with E-state index in [4.69, 9.17) is 14.6 Å². The summed E-state index contributed by atoms with van der Waals surface area (Å²) >= 11 is 0. The Morgan fingerprint density at radius 3 is 2.86 bits per heavy atom. The van der Waals surface area contributed by atoms with Crippen LogP contribution in [0.3, 0.4) is 0 Å². The van der Waals surface area contributed by atoms with Crippen molar-refractivity contribution in [3.8, 4) is 17.2 Å². The number of aliphatic hydroxyl groups is 1. The van der Waals surface area contributed by atoms with E-state index in [2.05, 4.69) is 4.98 Å². The number of nitrogens with zero attached hydrogens (tertiary/aromatic N) is 2. The lowest BCUT2D eigenvalue weighted by atomic mass is 10.2. The molecule has 0 atom stereocenters. The van der Waals surface area contributed by atoms with Gasteiger partial charge in [-0.05, 0) is 24.3 Å². The van der Waals surface area contributed by atoms with Crippen molar-refractivity contribution in [2.75, 3.05) is 20.3 Å². The molecule has 28 heavy (non-hydrogen) atoms. The zero-order valence-corrected chi connectivity index (χ0v) is 15.1. The van der Waals surface area contributed by atoms with Crippen molar-refractivity contribution in [1.82, 2.24) is 9.88 Å². The summed E-state index contributed by atoms with van der Waals surface area (Å²) in [6.45, 7) is -0.101. The molecule has 0 bridgehead atoms. The predicted molar refractivity (Wildman–Crippen MR) is 100 cm³/mol. The number of rotatable bonds is 7. The highest BCUT2D eigenvalue weighted by Crippen LogP contribution is 2.36. The Morgan fingerprint density at radius 1 is 1.32 bits per heavy atom. The van der Waals surface area contributed by atoms with E-state index in [1.165, 1.54) is 36.4 Å². The summed E-state index contributed by atoms with van der Waals surface area (Å²) in [6, 6.07) is 4.58. The molecule has 8 heteroatoms. The van der Waals surface area contributed by atoms with Gasteiger partial charge in [-0.25, -0.2) is 4.39 Å². The number of aromatic hydroxyl groups is 1. The van der Waals surface area contributed by atoms with E-state index in [0.29, 0.717) is 28.8 Å². The topological polar surface area (TPSA) is 92.1 Å². The second-order valence-corrected chi connectivity index (χ2v) is 5.91. The lowest BCUT2D eigenvalue weighted by molar-refractivity contribution is -0.116. The number of carbonyl (C=O) groups excluding carboxylic acids is 1. The molecule has 0 radical (unpaired) electrons. The number of benzene rings is 1. The van der Waals surface area contributed by atoms with Crippen molar-refractivity contribution in [1.29, 1.82) is 0 Å². The van der Waals surface area contributed by atoms with E-state index in [0.717, 1.165) is 0 Å².